The lowest BCUT2D eigenvalue weighted by atomic mass is 10.2. The molecule has 0 fully saturated rings. The van der Waals surface area contributed by atoms with Gasteiger partial charge in [-0.05, 0) is 6.07 Å². The minimum Gasteiger partial charge on any atom is -0.420 e. The number of rotatable bonds is 6. The van der Waals surface area contributed by atoms with E-state index < -0.39 is 12.5 Å². The minimum absolute atomic E-state index is 0.0588. The second-order valence-corrected chi connectivity index (χ2v) is 6.21. The molecule has 0 aliphatic heterocycles. The lowest BCUT2D eigenvalue weighted by molar-refractivity contribution is -0.384. The lowest BCUT2D eigenvalue weighted by Crippen LogP contribution is -1.93. The standard InChI is InChI=1S/C11H12N3O6P/c1-18-21(17,19-2)7-10-12-13-11(20-10)8-4-3-5-9(6-8)14(15)16/h3-6H,7H2,1-2H3. The zero-order chi connectivity index (χ0) is 15.5. The summed E-state index contributed by atoms with van der Waals surface area (Å²) < 4.78 is 26.8. The molecule has 0 amide bonds. The second kappa shape index (κ2) is 6.13. The fourth-order valence-electron chi connectivity index (χ4n) is 1.56. The number of nitro benzene ring substituents is 1. The number of nitro groups is 1. The van der Waals surface area contributed by atoms with Crippen LogP contribution in [0.3, 0.4) is 0 Å². The van der Waals surface area contributed by atoms with E-state index in [1.165, 1.54) is 32.4 Å². The predicted octanol–water partition coefficient (Wildman–Crippen LogP) is 2.63. The van der Waals surface area contributed by atoms with E-state index in [2.05, 4.69) is 10.2 Å². The third-order valence-corrected chi connectivity index (χ3v) is 4.43. The molecule has 0 N–H and O–H groups in total. The zero-order valence-electron chi connectivity index (χ0n) is 11.3. The molecule has 1 aromatic heterocycles. The number of hydrogen-bond donors (Lipinski definition) is 0. The quantitative estimate of drug-likeness (QED) is 0.453. The van der Waals surface area contributed by atoms with Crippen LogP contribution >= 0.6 is 7.60 Å². The van der Waals surface area contributed by atoms with E-state index in [4.69, 9.17) is 13.5 Å². The van der Waals surface area contributed by atoms with Crippen molar-refractivity contribution >= 4 is 13.3 Å². The van der Waals surface area contributed by atoms with Gasteiger partial charge < -0.3 is 13.5 Å². The van der Waals surface area contributed by atoms with Crippen LogP contribution in [0.5, 0.6) is 0 Å². The van der Waals surface area contributed by atoms with Crippen LogP contribution in [-0.4, -0.2) is 29.3 Å². The molecule has 0 saturated carbocycles. The van der Waals surface area contributed by atoms with Gasteiger partial charge in [0, 0.05) is 31.9 Å². The minimum atomic E-state index is -3.31. The molecule has 0 radical (unpaired) electrons. The molecule has 0 unspecified atom stereocenters. The number of aromatic nitrogens is 2. The largest absolute Gasteiger partial charge is 0.420 e. The van der Waals surface area contributed by atoms with E-state index in [0.717, 1.165) is 0 Å². The average molecular weight is 313 g/mol. The van der Waals surface area contributed by atoms with Gasteiger partial charge in [-0.2, -0.15) is 0 Å². The van der Waals surface area contributed by atoms with Crippen LogP contribution in [0.4, 0.5) is 5.69 Å². The van der Waals surface area contributed by atoms with Crippen molar-refractivity contribution < 1.29 is 23.0 Å². The summed E-state index contributed by atoms with van der Waals surface area (Å²) in [6.45, 7) is 0. The van der Waals surface area contributed by atoms with Gasteiger partial charge in [0.2, 0.25) is 11.8 Å². The highest BCUT2D eigenvalue weighted by Gasteiger charge is 2.25. The molecule has 0 aliphatic rings. The molecule has 2 aromatic rings. The predicted molar refractivity (Wildman–Crippen MR) is 71.7 cm³/mol. The summed E-state index contributed by atoms with van der Waals surface area (Å²) in [7, 11) is -0.807. The lowest BCUT2D eigenvalue weighted by Gasteiger charge is -2.10. The van der Waals surface area contributed by atoms with Crippen molar-refractivity contribution in [3.05, 3.63) is 40.3 Å². The number of nitrogens with zero attached hydrogens (tertiary/aromatic N) is 3. The molecule has 21 heavy (non-hydrogen) atoms. The van der Waals surface area contributed by atoms with Gasteiger partial charge in [0.15, 0.2) is 0 Å². The monoisotopic (exact) mass is 313 g/mol. The summed E-state index contributed by atoms with van der Waals surface area (Å²) in [5.41, 5.74) is 0.305. The van der Waals surface area contributed by atoms with E-state index in [9.17, 15) is 14.7 Å². The first kappa shape index (κ1) is 15.3. The SMILES string of the molecule is COP(=O)(Cc1nnc(-c2cccc([N+](=O)[O-])c2)o1)OC. The van der Waals surface area contributed by atoms with Gasteiger partial charge in [0.05, 0.1) is 4.92 Å². The van der Waals surface area contributed by atoms with Crippen LogP contribution in [0.25, 0.3) is 11.5 Å². The Morgan fingerprint density at radius 2 is 2.05 bits per heavy atom. The maximum absolute atomic E-state index is 11.9. The van der Waals surface area contributed by atoms with Crippen molar-refractivity contribution in [2.24, 2.45) is 0 Å². The van der Waals surface area contributed by atoms with Crippen LogP contribution in [0.1, 0.15) is 5.89 Å². The zero-order valence-corrected chi connectivity index (χ0v) is 12.1. The van der Waals surface area contributed by atoms with E-state index in [-0.39, 0.29) is 23.6 Å². The summed E-state index contributed by atoms with van der Waals surface area (Å²) in [4.78, 5) is 10.2. The van der Waals surface area contributed by atoms with Crippen molar-refractivity contribution in [1.29, 1.82) is 0 Å². The Kier molecular flexibility index (Phi) is 4.46. The van der Waals surface area contributed by atoms with Crippen molar-refractivity contribution in [1.82, 2.24) is 10.2 Å². The molecule has 2 rings (SSSR count). The maximum Gasteiger partial charge on any atom is 0.339 e. The summed E-state index contributed by atoms with van der Waals surface area (Å²) >= 11 is 0. The van der Waals surface area contributed by atoms with Gasteiger partial charge in [-0.1, -0.05) is 6.07 Å². The first-order valence-corrected chi connectivity index (χ1v) is 7.48. The highest BCUT2D eigenvalue weighted by molar-refractivity contribution is 7.52. The highest BCUT2D eigenvalue weighted by atomic mass is 31.2. The van der Waals surface area contributed by atoms with E-state index in [1.807, 2.05) is 0 Å². The number of hydrogen-bond acceptors (Lipinski definition) is 8. The molecular weight excluding hydrogens is 301 g/mol. The molecule has 0 saturated heterocycles. The van der Waals surface area contributed by atoms with E-state index in [0.29, 0.717) is 5.56 Å². The molecule has 1 heterocycles. The molecule has 9 nitrogen and oxygen atoms in total. The fourth-order valence-corrected chi connectivity index (χ4v) is 2.42. The van der Waals surface area contributed by atoms with Crippen LogP contribution < -0.4 is 0 Å². The third-order valence-electron chi connectivity index (χ3n) is 2.66. The molecule has 0 bridgehead atoms. The summed E-state index contributed by atoms with van der Waals surface area (Å²) in [5.74, 6) is 0.149. The third kappa shape index (κ3) is 3.52. The Labute approximate surface area is 119 Å². The van der Waals surface area contributed by atoms with Crippen LogP contribution in [-0.2, 0) is 19.8 Å². The van der Waals surface area contributed by atoms with Gasteiger partial charge in [-0.15, -0.1) is 10.2 Å². The molecule has 10 heteroatoms. The summed E-state index contributed by atoms with van der Waals surface area (Å²) in [5, 5.41) is 18.2. The normalized spacial score (nSPS) is 11.5. The van der Waals surface area contributed by atoms with Crippen LogP contribution in [0.15, 0.2) is 28.7 Å². The maximum atomic E-state index is 11.9. The summed E-state index contributed by atoms with van der Waals surface area (Å²) in [6.07, 6.45) is -0.179. The van der Waals surface area contributed by atoms with Crippen LogP contribution in [0, 0.1) is 10.1 Å². The van der Waals surface area contributed by atoms with Gasteiger partial charge >= 0.3 is 7.60 Å². The Morgan fingerprint density at radius 1 is 1.33 bits per heavy atom. The fraction of sp³-hybridized carbons (Fsp3) is 0.273. The average Bonchev–Trinajstić information content (AvgIpc) is 2.95. The van der Waals surface area contributed by atoms with Crippen molar-refractivity contribution in [3.63, 3.8) is 0 Å². The highest BCUT2D eigenvalue weighted by Crippen LogP contribution is 2.49. The van der Waals surface area contributed by atoms with E-state index >= 15 is 0 Å². The molecule has 1 aromatic carbocycles. The molecular formula is C11H12N3O6P. The Hall–Kier alpha value is -2.09. The smallest absolute Gasteiger partial charge is 0.339 e. The van der Waals surface area contributed by atoms with Crippen LogP contribution in [0.2, 0.25) is 0 Å². The molecule has 0 atom stereocenters. The number of benzene rings is 1. The number of non-ortho nitro benzene ring substituents is 1. The van der Waals surface area contributed by atoms with Gasteiger partial charge in [0.25, 0.3) is 5.69 Å². The van der Waals surface area contributed by atoms with Crippen molar-refractivity contribution in [2.75, 3.05) is 14.2 Å². The van der Waals surface area contributed by atoms with Gasteiger partial charge in [-0.25, -0.2) is 0 Å². The van der Waals surface area contributed by atoms with Crippen molar-refractivity contribution in [2.45, 2.75) is 6.16 Å². The summed E-state index contributed by atoms with van der Waals surface area (Å²) in [6, 6.07) is 5.76. The Morgan fingerprint density at radius 3 is 2.67 bits per heavy atom. The van der Waals surface area contributed by atoms with Gasteiger partial charge in [0.1, 0.15) is 6.16 Å². The van der Waals surface area contributed by atoms with E-state index in [1.54, 1.807) is 6.07 Å². The van der Waals surface area contributed by atoms with Crippen molar-refractivity contribution in [3.8, 4) is 11.5 Å². The molecule has 112 valence electrons. The second-order valence-electron chi connectivity index (χ2n) is 3.94. The Balaban J connectivity index is 2.26. The topological polar surface area (TPSA) is 118 Å². The first-order valence-electron chi connectivity index (χ1n) is 5.75. The molecule has 0 aliphatic carbocycles. The molecule has 0 spiro atoms. The first-order chi connectivity index (χ1) is 9.97. The Bertz CT molecular complexity index is 693. The van der Waals surface area contributed by atoms with Gasteiger partial charge in [-0.3, -0.25) is 14.7 Å².